The van der Waals surface area contributed by atoms with Crippen LogP contribution in [-0.2, 0) is 38.5 Å². The molecule has 0 saturated heterocycles. The number of benzene rings is 5. The van der Waals surface area contributed by atoms with Gasteiger partial charge in [0.25, 0.3) is 0 Å². The third kappa shape index (κ3) is 26.8. The van der Waals surface area contributed by atoms with E-state index < -0.39 is 29.1 Å². The Balaban J connectivity index is 0.000000146. The molecule has 602 valence electrons. The SMILES string of the molecule is CCc1nc(CC(=O)c2cc(F)cc(Oc3cncnc3)c2)ccc1F.Cc1coc(CC(=O)c2cc(F)cc(N(C)c3cncnc3)c2)n1.Cc1csc(CC(=O)c2cc(F)cc(Oc3cncnc3)c2)n1.Cc1nc(CC(=O)c2cc(Cl)cc(Oc3cncnc3)c2)sc1Br.O=C(Cc1nccs1)c1cc(F)cc(Oc2cncnc2)c1. The van der Waals surface area contributed by atoms with Crippen LogP contribution in [0.25, 0.3) is 0 Å². The summed E-state index contributed by atoms with van der Waals surface area (Å²) in [7, 11) is 1.75. The largest absolute Gasteiger partial charge is 0.454 e. The van der Waals surface area contributed by atoms with Gasteiger partial charge in [0.2, 0.25) is 5.89 Å². The van der Waals surface area contributed by atoms with Crippen molar-refractivity contribution >= 4 is 102 Å². The number of halogens is 7. The molecule has 36 heteroatoms. The number of carbonyl (C=O) groups is 5. The molecule has 0 spiro atoms. The van der Waals surface area contributed by atoms with Gasteiger partial charge in [-0.05, 0) is 128 Å². The van der Waals surface area contributed by atoms with Gasteiger partial charge in [0, 0.05) is 92.1 Å². The minimum absolute atomic E-state index is 0.0190. The molecule has 0 fully saturated rings. The van der Waals surface area contributed by atoms with Gasteiger partial charge in [0.05, 0.1) is 121 Å². The van der Waals surface area contributed by atoms with Crippen molar-refractivity contribution in [2.75, 3.05) is 11.9 Å². The summed E-state index contributed by atoms with van der Waals surface area (Å²) >= 11 is 13.8. The number of carbonyl (C=O) groups excluding carboxylic acids is 5. The van der Waals surface area contributed by atoms with Gasteiger partial charge in [-0.25, -0.2) is 91.7 Å². The summed E-state index contributed by atoms with van der Waals surface area (Å²) in [6.45, 7) is 7.30. The molecule has 0 N–H and O–H groups in total. The number of aromatic nitrogens is 15. The Kier molecular flexibility index (Phi) is 30.8. The number of rotatable bonds is 26. The molecule has 10 heterocycles. The molecule has 26 nitrogen and oxygen atoms in total. The Bertz CT molecular complexity index is 5970. The Morgan fingerprint density at radius 2 is 0.874 bits per heavy atom. The number of hydrogen-bond acceptors (Lipinski definition) is 29. The highest BCUT2D eigenvalue weighted by molar-refractivity contribution is 9.11. The number of anilines is 2. The Hall–Kier alpha value is -13.5. The van der Waals surface area contributed by atoms with E-state index in [1.54, 1.807) is 74.0 Å². The number of thiazole rings is 3. The average Bonchev–Trinajstić information content (AvgIpc) is 1.29. The van der Waals surface area contributed by atoms with E-state index in [9.17, 15) is 45.9 Å². The van der Waals surface area contributed by atoms with Gasteiger partial charge in [0.15, 0.2) is 51.9 Å². The van der Waals surface area contributed by atoms with Gasteiger partial charge in [-0.3, -0.25) is 29.0 Å². The summed E-state index contributed by atoms with van der Waals surface area (Å²) in [4.78, 5) is 123. The van der Waals surface area contributed by atoms with Gasteiger partial charge in [-0.2, -0.15) is 0 Å². The molecule has 0 aliphatic carbocycles. The van der Waals surface area contributed by atoms with Gasteiger partial charge in [-0.15, -0.1) is 34.0 Å². The van der Waals surface area contributed by atoms with Crippen molar-refractivity contribution in [3.05, 3.63) is 335 Å². The van der Waals surface area contributed by atoms with Crippen molar-refractivity contribution in [2.45, 2.75) is 66.2 Å². The highest BCUT2D eigenvalue weighted by Gasteiger charge is 2.21. The van der Waals surface area contributed by atoms with Crippen LogP contribution in [0, 0.1) is 49.9 Å². The highest BCUT2D eigenvalue weighted by Crippen LogP contribution is 2.32. The summed E-state index contributed by atoms with van der Waals surface area (Å²) in [5.74, 6) is -0.831. The molecule has 5 aromatic carbocycles. The standard InChI is InChI=1S/C19H15F2N3O2.C17H15FN4O2.C16H11BrClN3O2S.C16H12FN3O2S.C15H10FN3O2S/c1-2-18-17(21)4-3-14(24-18)8-19(25)12-5-13(20)7-15(6-12)26-16-9-22-11-23-10-16;1-11-9-24-17(21-11)6-16(23)12-3-13(18)5-14(4-12)22(2)15-7-19-10-20-8-15;1-9-16(17)24-15(21-9)5-14(22)10-2-11(18)4-12(3-10)23-13-6-19-8-20-7-13;1-10-8-23-16(20-10)5-15(21)11-2-12(17)4-13(3-11)22-14-6-18-9-19-7-14;16-11-3-10(14(20)6-15-19-1-2-22-15)4-12(5-11)21-13-7-17-9-18-8-13/h3-7,9-11H,2,8H2,1H3;3-5,7-10H,6H2,1-2H3;2-4,6-8H,5H2,1H3;2-4,6-9H,5H2,1H3;1-5,7-9H,6H2. The van der Waals surface area contributed by atoms with Gasteiger partial charge >= 0.3 is 0 Å². The van der Waals surface area contributed by atoms with E-state index in [4.69, 9.17) is 35.0 Å². The summed E-state index contributed by atoms with van der Waals surface area (Å²) < 4.78 is 97.0. The number of nitrogens with zero attached hydrogens (tertiary/aromatic N) is 16. The smallest absolute Gasteiger partial charge is 0.202 e. The lowest BCUT2D eigenvalue weighted by molar-refractivity contribution is 0.0978. The third-order valence-corrected chi connectivity index (χ3v) is 19.9. The molecule has 10 aromatic heterocycles. The zero-order valence-corrected chi connectivity index (χ0v) is 67.9. The first kappa shape index (κ1) is 86.4. The van der Waals surface area contributed by atoms with Crippen LogP contribution in [0.5, 0.6) is 46.0 Å². The minimum atomic E-state index is -0.607. The highest BCUT2D eigenvalue weighted by atomic mass is 79.9. The maximum atomic E-state index is 14.0. The summed E-state index contributed by atoms with van der Waals surface area (Å²) in [5.41, 5.74) is 5.71. The predicted octanol–water partition coefficient (Wildman–Crippen LogP) is 18.8. The topological polar surface area (TPSA) is 332 Å². The van der Waals surface area contributed by atoms with Crippen LogP contribution in [0.3, 0.4) is 0 Å². The van der Waals surface area contributed by atoms with E-state index >= 15 is 0 Å². The lowest BCUT2D eigenvalue weighted by Crippen LogP contribution is -2.12. The number of ether oxygens (including phenoxy) is 4. The first-order chi connectivity index (χ1) is 57.4. The fourth-order valence-corrected chi connectivity index (χ4v) is 13.5. The summed E-state index contributed by atoms with van der Waals surface area (Å²) in [6.07, 6.45) is 25.8. The number of oxazole rings is 1. The van der Waals surface area contributed by atoms with Crippen molar-refractivity contribution in [3.63, 3.8) is 0 Å². The van der Waals surface area contributed by atoms with Gasteiger partial charge in [-0.1, -0.05) is 18.5 Å². The molecule has 0 aliphatic heterocycles. The van der Waals surface area contributed by atoms with E-state index in [2.05, 4.69) is 90.7 Å². The molecule has 15 rings (SSSR count). The van der Waals surface area contributed by atoms with Crippen molar-refractivity contribution in [2.24, 2.45) is 0 Å². The molecular formula is C83H63BrClF5N16O10S3. The predicted molar refractivity (Wildman–Crippen MR) is 434 cm³/mol. The Morgan fingerprint density at radius 1 is 0.445 bits per heavy atom. The van der Waals surface area contributed by atoms with Crippen LogP contribution in [-0.4, -0.2) is 111 Å². The minimum Gasteiger partial charge on any atom is -0.454 e. The van der Waals surface area contributed by atoms with E-state index in [0.29, 0.717) is 90.1 Å². The first-order valence-corrected chi connectivity index (χ1v) is 39.0. The molecule has 15 aromatic rings. The second-order valence-corrected chi connectivity index (χ2v) is 29.8. The molecule has 0 aliphatic rings. The first-order valence-electron chi connectivity index (χ1n) is 35.2. The van der Waals surface area contributed by atoms with E-state index in [0.717, 1.165) is 32.3 Å². The van der Waals surface area contributed by atoms with E-state index in [1.807, 2.05) is 19.2 Å². The Morgan fingerprint density at radius 3 is 1.30 bits per heavy atom. The van der Waals surface area contributed by atoms with E-state index in [-0.39, 0.29) is 101 Å². The second-order valence-electron chi connectivity index (χ2n) is 25.0. The third-order valence-electron chi connectivity index (χ3n) is 15.9. The van der Waals surface area contributed by atoms with Crippen molar-refractivity contribution in [1.82, 2.24) is 74.8 Å². The monoisotopic (exact) mass is 1750 g/mol. The zero-order valence-electron chi connectivity index (χ0n) is 63.1. The number of aryl methyl sites for hydroxylation is 4. The number of hydrogen-bond donors (Lipinski definition) is 0. The van der Waals surface area contributed by atoms with Crippen LogP contribution >= 0.6 is 61.5 Å². The normalized spacial score (nSPS) is 10.6. The quantitative estimate of drug-likeness (QED) is 0.0359. The molecule has 119 heavy (non-hydrogen) atoms. The summed E-state index contributed by atoms with van der Waals surface area (Å²) in [5, 5.41) is 6.23. The second kappa shape index (κ2) is 42.4. The molecule has 0 saturated carbocycles. The van der Waals surface area contributed by atoms with Crippen molar-refractivity contribution in [1.29, 1.82) is 0 Å². The van der Waals surface area contributed by atoms with Crippen LogP contribution in [0.4, 0.5) is 33.3 Å². The van der Waals surface area contributed by atoms with Gasteiger partial charge in [0.1, 0.15) is 105 Å². The van der Waals surface area contributed by atoms with Crippen LogP contribution in [0.2, 0.25) is 5.02 Å². The molecular weight excluding hydrogens is 1690 g/mol. The molecule has 0 bridgehead atoms. The van der Waals surface area contributed by atoms with Crippen LogP contribution in [0.15, 0.2) is 228 Å². The number of ketones is 5. The van der Waals surface area contributed by atoms with Gasteiger partial charge < -0.3 is 28.3 Å². The lowest BCUT2D eigenvalue weighted by atomic mass is 10.1. The zero-order chi connectivity index (χ0) is 84.3. The van der Waals surface area contributed by atoms with E-state index in [1.165, 1.54) is 188 Å². The van der Waals surface area contributed by atoms with Crippen LogP contribution in [0.1, 0.15) is 108 Å². The lowest BCUT2D eigenvalue weighted by Gasteiger charge is -2.19. The maximum absolute atomic E-state index is 14.0. The van der Waals surface area contributed by atoms with Crippen molar-refractivity contribution < 1.29 is 69.3 Å². The fraction of sp³-hybridized carbons (Fsp3) is 0.133. The summed E-state index contributed by atoms with van der Waals surface area (Å²) in [6, 6.07) is 23.3. The number of Topliss-reactive ketones (excluding diaryl/α,β-unsaturated/α-hetero) is 5. The fourth-order valence-electron chi connectivity index (χ4n) is 10.5. The molecule has 0 atom stereocenters. The average molecular weight is 1750 g/mol. The van der Waals surface area contributed by atoms with Crippen LogP contribution < -0.4 is 23.8 Å². The Labute approximate surface area is 700 Å². The van der Waals surface area contributed by atoms with Crippen molar-refractivity contribution in [3.8, 4) is 46.0 Å². The molecule has 0 amide bonds. The number of pyridine rings is 1. The molecule has 0 radical (unpaired) electrons. The molecule has 0 unspecified atom stereocenters. The maximum Gasteiger partial charge on any atom is 0.202 e.